The van der Waals surface area contributed by atoms with Crippen LogP contribution in [0.1, 0.15) is 27.7 Å². The summed E-state index contributed by atoms with van der Waals surface area (Å²) in [5, 5.41) is 0. The van der Waals surface area contributed by atoms with Gasteiger partial charge in [0.05, 0.1) is 0 Å². The normalized spacial score (nSPS) is 12.0. The van der Waals surface area contributed by atoms with Crippen molar-refractivity contribution in [3.63, 3.8) is 0 Å². The van der Waals surface area contributed by atoms with Crippen LogP contribution in [0.5, 0.6) is 0 Å². The van der Waals surface area contributed by atoms with E-state index < -0.39 is 0 Å². The third kappa shape index (κ3) is 9.92. The maximum Gasteiger partial charge on any atom is -0.00138 e. The van der Waals surface area contributed by atoms with Crippen LogP contribution < -0.4 is 22.9 Å². The lowest BCUT2D eigenvalue weighted by Gasteiger charge is -2.18. The van der Waals surface area contributed by atoms with Crippen LogP contribution in [0, 0.1) is 10.8 Å². The van der Waals surface area contributed by atoms with Crippen LogP contribution in [0.15, 0.2) is 0 Å². The zero-order valence-electron chi connectivity index (χ0n) is 10.1. The first-order valence-electron chi connectivity index (χ1n) is 5.05. The van der Waals surface area contributed by atoms with E-state index in [0.29, 0.717) is 26.2 Å². The van der Waals surface area contributed by atoms with E-state index in [0.717, 1.165) is 0 Å². The van der Waals surface area contributed by atoms with E-state index in [1.54, 1.807) is 0 Å². The minimum absolute atomic E-state index is 0.139. The molecule has 14 heavy (non-hydrogen) atoms. The molecule has 88 valence electrons. The second-order valence-electron chi connectivity index (χ2n) is 5.14. The smallest absolute Gasteiger partial charge is 0.00138 e. The van der Waals surface area contributed by atoms with Crippen molar-refractivity contribution in [3.8, 4) is 0 Å². The topological polar surface area (TPSA) is 104 Å². The second kappa shape index (κ2) is 7.17. The van der Waals surface area contributed by atoms with E-state index in [-0.39, 0.29) is 10.8 Å². The monoisotopic (exact) mass is 204 g/mol. The Morgan fingerprint density at radius 2 is 0.714 bits per heavy atom. The van der Waals surface area contributed by atoms with Crippen molar-refractivity contribution in [1.82, 2.24) is 0 Å². The van der Waals surface area contributed by atoms with Crippen LogP contribution in [-0.4, -0.2) is 26.2 Å². The van der Waals surface area contributed by atoms with Gasteiger partial charge in [0.25, 0.3) is 0 Å². The molecule has 0 saturated heterocycles. The molecule has 0 aliphatic rings. The highest BCUT2D eigenvalue weighted by Crippen LogP contribution is 2.08. The lowest BCUT2D eigenvalue weighted by molar-refractivity contribution is 0.392. The standard InChI is InChI=1S/2C5H14N2/c2*1-5(2,3-6)4-7/h2*3-4,6-7H2,1-2H3. The van der Waals surface area contributed by atoms with Gasteiger partial charge in [-0.1, -0.05) is 27.7 Å². The predicted octanol–water partition coefficient (Wildman–Crippen LogP) is -0.140. The molecule has 4 nitrogen and oxygen atoms in total. The van der Waals surface area contributed by atoms with Gasteiger partial charge in [-0.15, -0.1) is 0 Å². The van der Waals surface area contributed by atoms with Crippen molar-refractivity contribution in [2.75, 3.05) is 26.2 Å². The van der Waals surface area contributed by atoms with E-state index in [1.165, 1.54) is 0 Å². The van der Waals surface area contributed by atoms with Gasteiger partial charge in [0.1, 0.15) is 0 Å². The SMILES string of the molecule is CC(C)(CN)CN.CC(C)(CN)CN. The predicted molar refractivity (Wildman–Crippen MR) is 63.8 cm³/mol. The Bertz CT molecular complexity index is 104. The fourth-order valence-corrected chi connectivity index (χ4v) is 0.167. The molecule has 0 radical (unpaired) electrons. The summed E-state index contributed by atoms with van der Waals surface area (Å²) in [4.78, 5) is 0. The molecule has 0 unspecified atom stereocenters. The molecule has 0 saturated carbocycles. The average Bonchev–Trinajstić information content (AvgIpc) is 2.19. The number of hydrogen-bond donors (Lipinski definition) is 4. The fraction of sp³-hybridized carbons (Fsp3) is 1.00. The molecule has 0 fully saturated rings. The highest BCUT2D eigenvalue weighted by molar-refractivity contribution is 4.69. The Hall–Kier alpha value is -0.160. The minimum atomic E-state index is 0.139. The summed E-state index contributed by atoms with van der Waals surface area (Å²) < 4.78 is 0. The van der Waals surface area contributed by atoms with E-state index >= 15 is 0 Å². The molecule has 0 aliphatic heterocycles. The van der Waals surface area contributed by atoms with Gasteiger partial charge in [-0.3, -0.25) is 0 Å². The molecule has 0 aromatic rings. The van der Waals surface area contributed by atoms with Crippen LogP contribution >= 0.6 is 0 Å². The summed E-state index contributed by atoms with van der Waals surface area (Å²) in [6.07, 6.45) is 0. The molecular weight excluding hydrogens is 176 g/mol. The van der Waals surface area contributed by atoms with Gasteiger partial charge in [0.15, 0.2) is 0 Å². The van der Waals surface area contributed by atoms with E-state index in [2.05, 4.69) is 0 Å². The van der Waals surface area contributed by atoms with Crippen molar-refractivity contribution in [2.45, 2.75) is 27.7 Å². The third-order valence-corrected chi connectivity index (χ3v) is 2.21. The molecular formula is C10H28N4. The third-order valence-electron chi connectivity index (χ3n) is 2.21. The Morgan fingerprint density at radius 3 is 0.714 bits per heavy atom. The van der Waals surface area contributed by atoms with Crippen LogP contribution in [0.2, 0.25) is 0 Å². The number of nitrogens with two attached hydrogens (primary N) is 4. The zero-order chi connectivity index (χ0) is 11.8. The van der Waals surface area contributed by atoms with E-state index in [4.69, 9.17) is 22.9 Å². The van der Waals surface area contributed by atoms with Gasteiger partial charge in [-0.2, -0.15) is 0 Å². The lowest BCUT2D eigenvalue weighted by Crippen LogP contribution is -2.31. The fourth-order valence-electron chi connectivity index (χ4n) is 0.167. The number of rotatable bonds is 4. The van der Waals surface area contributed by atoms with Crippen molar-refractivity contribution in [3.05, 3.63) is 0 Å². The quantitative estimate of drug-likeness (QED) is 0.511. The number of hydrogen-bond acceptors (Lipinski definition) is 4. The lowest BCUT2D eigenvalue weighted by atomic mass is 9.95. The summed E-state index contributed by atoms with van der Waals surface area (Å²) in [5.41, 5.74) is 21.6. The van der Waals surface area contributed by atoms with Gasteiger partial charge in [-0.05, 0) is 37.0 Å². The molecule has 0 aromatic heterocycles. The molecule has 0 heterocycles. The maximum absolute atomic E-state index is 5.34. The van der Waals surface area contributed by atoms with Crippen LogP contribution in [-0.2, 0) is 0 Å². The summed E-state index contributed by atoms with van der Waals surface area (Å²) >= 11 is 0. The Morgan fingerprint density at radius 1 is 0.571 bits per heavy atom. The molecule has 4 heteroatoms. The van der Waals surface area contributed by atoms with Gasteiger partial charge in [0.2, 0.25) is 0 Å². The summed E-state index contributed by atoms with van der Waals surface area (Å²) in [6.45, 7) is 10.9. The first-order chi connectivity index (χ1) is 6.24. The first kappa shape index (κ1) is 16.3. The second-order valence-corrected chi connectivity index (χ2v) is 5.14. The van der Waals surface area contributed by atoms with Crippen molar-refractivity contribution in [2.24, 2.45) is 33.8 Å². The maximum atomic E-state index is 5.34. The van der Waals surface area contributed by atoms with Crippen molar-refractivity contribution >= 4 is 0 Å². The van der Waals surface area contributed by atoms with Crippen LogP contribution in [0.3, 0.4) is 0 Å². The Labute approximate surface area is 88.4 Å². The molecule has 0 amide bonds. The molecule has 0 atom stereocenters. The van der Waals surface area contributed by atoms with Crippen molar-refractivity contribution < 1.29 is 0 Å². The van der Waals surface area contributed by atoms with Crippen LogP contribution in [0.25, 0.3) is 0 Å². The Kier molecular flexibility index (Phi) is 8.34. The van der Waals surface area contributed by atoms with Gasteiger partial charge >= 0.3 is 0 Å². The van der Waals surface area contributed by atoms with Crippen molar-refractivity contribution in [1.29, 1.82) is 0 Å². The molecule has 0 aromatic carbocycles. The summed E-state index contributed by atoms with van der Waals surface area (Å²) in [5.74, 6) is 0. The highest BCUT2D eigenvalue weighted by atomic mass is 14.7. The van der Waals surface area contributed by atoms with Gasteiger partial charge in [0, 0.05) is 0 Å². The van der Waals surface area contributed by atoms with E-state index in [1.807, 2.05) is 27.7 Å². The molecule has 0 rings (SSSR count). The molecule has 8 N–H and O–H groups in total. The summed E-state index contributed by atoms with van der Waals surface area (Å²) in [7, 11) is 0. The van der Waals surface area contributed by atoms with E-state index in [9.17, 15) is 0 Å². The Balaban J connectivity index is 0. The minimum Gasteiger partial charge on any atom is -0.330 e. The largest absolute Gasteiger partial charge is 0.330 e. The molecule has 0 bridgehead atoms. The zero-order valence-corrected chi connectivity index (χ0v) is 10.1. The van der Waals surface area contributed by atoms with Gasteiger partial charge < -0.3 is 22.9 Å². The van der Waals surface area contributed by atoms with Gasteiger partial charge in [-0.25, -0.2) is 0 Å². The highest BCUT2D eigenvalue weighted by Gasteiger charge is 2.11. The molecule has 0 aliphatic carbocycles. The van der Waals surface area contributed by atoms with Crippen LogP contribution in [0.4, 0.5) is 0 Å². The average molecular weight is 204 g/mol. The molecule has 0 spiro atoms. The summed E-state index contributed by atoms with van der Waals surface area (Å²) in [6, 6.07) is 0. The first-order valence-corrected chi connectivity index (χ1v) is 5.05.